The molecule has 3 aliphatic heterocycles. The van der Waals surface area contributed by atoms with Crippen LogP contribution in [0.4, 0.5) is 11.5 Å². The van der Waals surface area contributed by atoms with Gasteiger partial charge in [0, 0.05) is 41.3 Å². The van der Waals surface area contributed by atoms with Crippen LogP contribution in [0.1, 0.15) is 28.8 Å². The number of piperazine rings is 1. The molecule has 0 saturated carbocycles. The van der Waals surface area contributed by atoms with E-state index in [1.807, 2.05) is 6.20 Å². The molecule has 3 fully saturated rings. The maximum absolute atomic E-state index is 12.8. The fraction of sp³-hybridized carbons (Fsp3) is 0.333. The van der Waals surface area contributed by atoms with Crippen molar-refractivity contribution in [2.24, 2.45) is 0 Å². The second-order valence-electron chi connectivity index (χ2n) is 6.79. The van der Waals surface area contributed by atoms with Gasteiger partial charge in [0.25, 0.3) is 5.91 Å². The summed E-state index contributed by atoms with van der Waals surface area (Å²) in [5.41, 5.74) is 2.13. The zero-order chi connectivity index (χ0) is 18.4. The Morgan fingerprint density at radius 3 is 3.04 bits per heavy atom. The number of anilines is 2. The van der Waals surface area contributed by atoms with Crippen molar-refractivity contribution in [2.45, 2.75) is 24.9 Å². The maximum Gasteiger partial charge on any atom is 0.258 e. The van der Waals surface area contributed by atoms with E-state index in [2.05, 4.69) is 26.6 Å². The molecule has 3 aliphatic rings. The molecular formula is C18H16N6OS2. The highest BCUT2D eigenvalue weighted by atomic mass is 32.1. The van der Waals surface area contributed by atoms with Gasteiger partial charge < -0.3 is 15.5 Å². The minimum Gasteiger partial charge on any atom is -0.349 e. The van der Waals surface area contributed by atoms with Crippen molar-refractivity contribution in [3.63, 3.8) is 0 Å². The first-order chi connectivity index (χ1) is 13.2. The molecular weight excluding hydrogens is 380 g/mol. The largest absolute Gasteiger partial charge is 0.349 e. The molecule has 3 aromatic rings. The number of amides is 1. The van der Waals surface area contributed by atoms with Crippen molar-refractivity contribution in [3.05, 3.63) is 33.5 Å². The summed E-state index contributed by atoms with van der Waals surface area (Å²) in [6, 6.07) is 3.02. The highest BCUT2D eigenvalue weighted by molar-refractivity contribution is 7.17. The van der Waals surface area contributed by atoms with E-state index in [-0.39, 0.29) is 5.91 Å². The molecule has 1 amide bonds. The third kappa shape index (κ3) is 2.86. The molecule has 27 heavy (non-hydrogen) atoms. The third-order valence-electron chi connectivity index (χ3n) is 5.19. The lowest BCUT2D eigenvalue weighted by Gasteiger charge is -2.46. The Bertz CT molecular complexity index is 1060. The number of aromatic nitrogens is 2. The fourth-order valence-electron chi connectivity index (χ4n) is 3.76. The molecule has 1 unspecified atom stereocenters. The van der Waals surface area contributed by atoms with Crippen LogP contribution < -0.4 is 15.5 Å². The number of hydrogen-bond acceptors (Lipinski definition) is 8. The lowest BCUT2D eigenvalue weighted by Crippen LogP contribution is -2.61. The lowest BCUT2D eigenvalue weighted by atomic mass is 9.93. The number of hydrogen-bond donors (Lipinski definition) is 2. The van der Waals surface area contributed by atoms with Gasteiger partial charge in [-0.15, -0.1) is 22.7 Å². The molecule has 0 spiro atoms. The average Bonchev–Trinajstić information content (AvgIpc) is 3.34. The topological polar surface area (TPSA) is 93.9 Å². The number of carbonyl (C=O) groups is 1. The van der Waals surface area contributed by atoms with E-state index in [0.29, 0.717) is 34.4 Å². The maximum atomic E-state index is 12.8. The Balaban J connectivity index is 1.47. The third-order valence-corrected chi connectivity index (χ3v) is 6.81. The van der Waals surface area contributed by atoms with E-state index >= 15 is 0 Å². The lowest BCUT2D eigenvalue weighted by molar-refractivity contribution is 0.102. The Morgan fingerprint density at radius 1 is 1.37 bits per heavy atom. The highest BCUT2D eigenvalue weighted by Crippen LogP contribution is 2.30. The second kappa shape index (κ2) is 6.56. The molecule has 6 heterocycles. The van der Waals surface area contributed by atoms with Crippen LogP contribution in [0, 0.1) is 11.3 Å². The molecule has 0 aliphatic carbocycles. The molecule has 2 N–H and O–H groups in total. The molecule has 7 nitrogen and oxygen atoms in total. The van der Waals surface area contributed by atoms with Gasteiger partial charge in [0.1, 0.15) is 22.2 Å². The monoisotopic (exact) mass is 396 g/mol. The Hall–Kier alpha value is -2.54. The standard InChI is InChI=1S/C18H16N6OS2/c19-3-10-7-26-9-14(10)22-17(25)13-8-27-18-16(13)23-15(5-21-18)24-6-11-1-2-12(24)4-20-11/h5,7-9,11-12,20H,1-2,4,6H2,(H,22,25)/t11-,12?/m0/s1. The van der Waals surface area contributed by atoms with Gasteiger partial charge in [0.15, 0.2) is 0 Å². The minimum absolute atomic E-state index is 0.260. The van der Waals surface area contributed by atoms with Crippen LogP contribution in [0.5, 0.6) is 0 Å². The molecule has 9 heteroatoms. The number of nitrogens with zero attached hydrogens (tertiary/aromatic N) is 4. The van der Waals surface area contributed by atoms with Crippen LogP contribution >= 0.6 is 22.7 Å². The number of rotatable bonds is 3. The number of nitriles is 1. The summed E-state index contributed by atoms with van der Waals surface area (Å²) >= 11 is 2.79. The normalized spacial score (nSPS) is 21.4. The Labute approximate surface area is 163 Å². The first kappa shape index (κ1) is 16.6. The zero-order valence-corrected chi connectivity index (χ0v) is 15.9. The van der Waals surface area contributed by atoms with Crippen molar-refractivity contribution in [2.75, 3.05) is 23.3 Å². The molecule has 2 bridgehead atoms. The van der Waals surface area contributed by atoms with Gasteiger partial charge in [-0.3, -0.25) is 4.79 Å². The Kier molecular flexibility index (Phi) is 4.04. The smallest absolute Gasteiger partial charge is 0.258 e. The van der Waals surface area contributed by atoms with E-state index in [1.54, 1.807) is 16.1 Å². The molecule has 3 aromatic heterocycles. The van der Waals surface area contributed by atoms with Gasteiger partial charge >= 0.3 is 0 Å². The van der Waals surface area contributed by atoms with Gasteiger partial charge in [-0.05, 0) is 12.8 Å². The summed E-state index contributed by atoms with van der Waals surface area (Å²) in [7, 11) is 0. The van der Waals surface area contributed by atoms with E-state index < -0.39 is 0 Å². The molecule has 0 radical (unpaired) electrons. The van der Waals surface area contributed by atoms with Crippen LogP contribution in [0.3, 0.4) is 0 Å². The summed E-state index contributed by atoms with van der Waals surface area (Å²) in [6.45, 7) is 1.90. The quantitative estimate of drug-likeness (QED) is 0.707. The van der Waals surface area contributed by atoms with Crippen molar-refractivity contribution in [1.29, 1.82) is 5.26 Å². The van der Waals surface area contributed by atoms with E-state index in [9.17, 15) is 4.79 Å². The van der Waals surface area contributed by atoms with E-state index in [1.165, 1.54) is 29.1 Å². The summed E-state index contributed by atoms with van der Waals surface area (Å²) in [5.74, 6) is 0.573. The van der Waals surface area contributed by atoms with Crippen LogP contribution in [0.15, 0.2) is 22.3 Å². The van der Waals surface area contributed by atoms with Crippen LogP contribution in [-0.4, -0.2) is 41.0 Å². The molecule has 2 atom stereocenters. The molecule has 3 saturated heterocycles. The van der Waals surface area contributed by atoms with Crippen molar-refractivity contribution in [3.8, 4) is 6.07 Å². The number of thiophene rings is 2. The summed E-state index contributed by atoms with van der Waals surface area (Å²) in [5, 5.41) is 20.8. The number of nitrogens with one attached hydrogen (secondary N) is 2. The predicted octanol–water partition coefficient (Wildman–Crippen LogP) is 2.82. The predicted molar refractivity (Wildman–Crippen MR) is 107 cm³/mol. The average molecular weight is 397 g/mol. The number of piperidine rings is 2. The second-order valence-corrected chi connectivity index (χ2v) is 8.39. The van der Waals surface area contributed by atoms with Crippen molar-refractivity contribution >= 4 is 50.4 Å². The fourth-order valence-corrected chi connectivity index (χ4v) is 5.29. The molecule has 6 rings (SSSR count). The SMILES string of the molecule is N#Cc1cscc1NC(=O)c1csc2ncc(N3C[C@@H]4CCC3CN4)nc12. The van der Waals surface area contributed by atoms with Crippen molar-refractivity contribution < 1.29 is 4.79 Å². The highest BCUT2D eigenvalue weighted by Gasteiger charge is 2.34. The molecule has 0 aromatic carbocycles. The first-order valence-electron chi connectivity index (χ1n) is 8.75. The van der Waals surface area contributed by atoms with E-state index in [4.69, 9.17) is 10.2 Å². The van der Waals surface area contributed by atoms with Gasteiger partial charge in [0.2, 0.25) is 0 Å². The van der Waals surface area contributed by atoms with Crippen molar-refractivity contribution in [1.82, 2.24) is 15.3 Å². The minimum atomic E-state index is -0.260. The Morgan fingerprint density at radius 2 is 2.30 bits per heavy atom. The first-order valence-corrected chi connectivity index (χ1v) is 10.6. The zero-order valence-electron chi connectivity index (χ0n) is 14.3. The number of carbonyl (C=O) groups excluding carboxylic acids is 1. The summed E-state index contributed by atoms with van der Waals surface area (Å²) in [4.78, 5) is 25.2. The van der Waals surface area contributed by atoms with Gasteiger partial charge in [-0.1, -0.05) is 0 Å². The summed E-state index contributed by atoms with van der Waals surface area (Å²) < 4.78 is 0. The summed E-state index contributed by atoms with van der Waals surface area (Å²) in [6.07, 6.45) is 4.17. The van der Waals surface area contributed by atoms with Gasteiger partial charge in [-0.25, -0.2) is 9.97 Å². The van der Waals surface area contributed by atoms with Crippen LogP contribution in [0.2, 0.25) is 0 Å². The van der Waals surface area contributed by atoms with E-state index in [0.717, 1.165) is 30.2 Å². The van der Waals surface area contributed by atoms with Gasteiger partial charge in [-0.2, -0.15) is 5.26 Å². The van der Waals surface area contributed by atoms with Gasteiger partial charge in [0.05, 0.1) is 23.0 Å². The molecule has 136 valence electrons. The van der Waals surface area contributed by atoms with Crippen LogP contribution in [-0.2, 0) is 0 Å². The number of fused-ring (bicyclic) bond motifs is 4. The van der Waals surface area contributed by atoms with Crippen LogP contribution in [0.25, 0.3) is 10.3 Å².